The summed E-state index contributed by atoms with van der Waals surface area (Å²) in [6.45, 7) is 0. The highest BCUT2D eigenvalue weighted by Crippen LogP contribution is 2.29. The van der Waals surface area contributed by atoms with E-state index >= 15 is 0 Å². The monoisotopic (exact) mass is 324 g/mol. The van der Waals surface area contributed by atoms with Crippen LogP contribution in [0.2, 0.25) is 5.02 Å². The van der Waals surface area contributed by atoms with Gasteiger partial charge in [0.15, 0.2) is 6.20 Å². The molecule has 1 aromatic heterocycles. The molecule has 2 aliphatic rings. The van der Waals surface area contributed by atoms with Gasteiger partial charge in [-0.3, -0.25) is 4.99 Å². The van der Waals surface area contributed by atoms with Crippen LogP contribution >= 0.6 is 11.6 Å². The molecule has 0 radical (unpaired) electrons. The standard InChI is InChI=1S/C15H11ClN7/c16-11-1-3-12(4-2-11)20-15-21-14-9-17-5-6-23(14,22-15)13-7-18-10-19-8-13/h1-10H,(H,20,22)/q+1. The predicted molar refractivity (Wildman–Crippen MR) is 91.4 cm³/mol. The van der Waals surface area contributed by atoms with Crippen molar-refractivity contribution in [3.8, 4) is 0 Å². The number of hydrogen-bond donors (Lipinski definition) is 1. The molecule has 0 amide bonds. The Labute approximate surface area is 137 Å². The third-order valence-electron chi connectivity index (χ3n) is 3.42. The van der Waals surface area contributed by atoms with Crippen molar-refractivity contribution in [3.05, 3.63) is 60.4 Å². The number of quaternary nitrogens is 1. The van der Waals surface area contributed by atoms with E-state index in [0.717, 1.165) is 11.4 Å². The summed E-state index contributed by atoms with van der Waals surface area (Å²) in [7, 11) is 0. The summed E-state index contributed by atoms with van der Waals surface area (Å²) >= 11 is 5.90. The number of guanidine groups is 1. The minimum absolute atomic E-state index is 0.0558. The SMILES string of the molecule is Clc1ccc(NC2=N[N+]3(c4cncnc4)C=CN=CC3=N2)cc1. The number of amidine groups is 1. The summed E-state index contributed by atoms with van der Waals surface area (Å²) in [5.41, 5.74) is 1.63. The van der Waals surface area contributed by atoms with Gasteiger partial charge in [0.1, 0.15) is 12.5 Å². The van der Waals surface area contributed by atoms with Gasteiger partial charge in [0.05, 0.1) is 18.6 Å². The molecule has 0 saturated heterocycles. The van der Waals surface area contributed by atoms with E-state index in [1.807, 2.05) is 18.3 Å². The Morgan fingerprint density at radius 2 is 1.83 bits per heavy atom. The number of benzene rings is 1. The number of aliphatic imine (C=N–C) groups is 2. The zero-order chi connectivity index (χ0) is 15.7. The van der Waals surface area contributed by atoms with E-state index in [1.54, 1.807) is 36.9 Å². The van der Waals surface area contributed by atoms with E-state index < -0.39 is 0 Å². The van der Waals surface area contributed by atoms with E-state index in [9.17, 15) is 0 Å². The van der Waals surface area contributed by atoms with Gasteiger partial charge in [0.25, 0.3) is 11.8 Å². The number of rotatable bonds is 2. The Balaban J connectivity index is 1.73. The quantitative estimate of drug-likeness (QED) is 0.863. The molecule has 0 bridgehead atoms. The van der Waals surface area contributed by atoms with Crippen molar-refractivity contribution in [3.63, 3.8) is 0 Å². The topological polar surface area (TPSA) is 74.9 Å². The third kappa shape index (κ3) is 2.41. The molecule has 112 valence electrons. The summed E-state index contributed by atoms with van der Waals surface area (Å²) < 4.78 is 0.0558. The Bertz CT molecular complexity index is 855. The minimum Gasteiger partial charge on any atom is -0.320 e. The Morgan fingerprint density at radius 1 is 1.04 bits per heavy atom. The molecule has 2 aliphatic heterocycles. The Kier molecular flexibility index (Phi) is 3.22. The van der Waals surface area contributed by atoms with E-state index in [4.69, 9.17) is 11.6 Å². The average molecular weight is 325 g/mol. The highest BCUT2D eigenvalue weighted by molar-refractivity contribution is 6.38. The molecule has 4 rings (SSSR count). The molecule has 3 heterocycles. The second-order valence-electron chi connectivity index (χ2n) is 4.88. The van der Waals surface area contributed by atoms with Crippen LogP contribution in [0.4, 0.5) is 11.4 Å². The molecule has 1 unspecified atom stereocenters. The zero-order valence-electron chi connectivity index (χ0n) is 11.8. The highest BCUT2D eigenvalue weighted by atomic mass is 35.5. The first-order valence-corrected chi connectivity index (χ1v) is 7.21. The van der Waals surface area contributed by atoms with Crippen molar-refractivity contribution >= 4 is 41.0 Å². The third-order valence-corrected chi connectivity index (χ3v) is 3.67. The predicted octanol–water partition coefficient (Wildman–Crippen LogP) is 2.79. The van der Waals surface area contributed by atoms with Crippen molar-refractivity contribution < 1.29 is 0 Å². The van der Waals surface area contributed by atoms with Gasteiger partial charge in [-0.2, -0.15) is 4.99 Å². The van der Waals surface area contributed by atoms with Gasteiger partial charge < -0.3 is 5.32 Å². The van der Waals surface area contributed by atoms with Gasteiger partial charge in [0, 0.05) is 10.7 Å². The minimum atomic E-state index is 0.0558. The highest BCUT2D eigenvalue weighted by Gasteiger charge is 2.43. The van der Waals surface area contributed by atoms with Crippen LogP contribution in [0.25, 0.3) is 0 Å². The molecule has 2 aromatic rings. The van der Waals surface area contributed by atoms with Gasteiger partial charge in [0.2, 0.25) is 5.69 Å². The summed E-state index contributed by atoms with van der Waals surface area (Å²) in [5.74, 6) is 1.14. The van der Waals surface area contributed by atoms with Crippen molar-refractivity contribution in [2.45, 2.75) is 0 Å². The number of hydrogen-bond acceptors (Lipinski definition) is 6. The Morgan fingerprint density at radius 3 is 2.61 bits per heavy atom. The molecular formula is C15H11ClN7+. The van der Waals surface area contributed by atoms with E-state index in [1.165, 1.54) is 6.33 Å². The van der Waals surface area contributed by atoms with Crippen LogP contribution in [0.15, 0.2) is 70.5 Å². The van der Waals surface area contributed by atoms with E-state index in [2.05, 4.69) is 30.4 Å². The van der Waals surface area contributed by atoms with Crippen LogP contribution in [0.3, 0.4) is 0 Å². The molecule has 0 saturated carbocycles. The number of aromatic nitrogens is 2. The number of fused-ring (bicyclic) bond motifs is 1. The largest absolute Gasteiger partial charge is 0.320 e. The van der Waals surface area contributed by atoms with E-state index in [-0.39, 0.29) is 4.59 Å². The lowest BCUT2D eigenvalue weighted by molar-refractivity contribution is 0.587. The zero-order valence-corrected chi connectivity index (χ0v) is 12.6. The average Bonchev–Trinajstić information content (AvgIpc) is 2.97. The van der Waals surface area contributed by atoms with Gasteiger partial charge in [-0.15, -0.1) is 0 Å². The second-order valence-corrected chi connectivity index (χ2v) is 5.32. The maximum atomic E-state index is 5.90. The maximum Gasteiger partial charge on any atom is 0.287 e. The van der Waals surface area contributed by atoms with Crippen LogP contribution in [0.5, 0.6) is 0 Å². The summed E-state index contributed by atoms with van der Waals surface area (Å²) in [5, 5.41) is 8.52. The summed E-state index contributed by atoms with van der Waals surface area (Å²) in [4.78, 5) is 16.8. The van der Waals surface area contributed by atoms with Crippen molar-refractivity contribution in [1.82, 2.24) is 14.6 Å². The molecule has 23 heavy (non-hydrogen) atoms. The molecular weight excluding hydrogens is 314 g/mol. The van der Waals surface area contributed by atoms with Gasteiger partial charge in [-0.1, -0.05) is 16.2 Å². The van der Waals surface area contributed by atoms with E-state index in [0.29, 0.717) is 16.8 Å². The summed E-state index contributed by atoms with van der Waals surface area (Å²) in [6.07, 6.45) is 10.1. The molecule has 0 fully saturated rings. The summed E-state index contributed by atoms with van der Waals surface area (Å²) in [6, 6.07) is 7.33. The fraction of sp³-hybridized carbons (Fsp3) is 0. The first-order chi connectivity index (χ1) is 11.3. The fourth-order valence-electron chi connectivity index (χ4n) is 2.34. The normalized spacial score (nSPS) is 21.6. The van der Waals surface area contributed by atoms with Crippen LogP contribution < -0.4 is 9.91 Å². The number of anilines is 1. The van der Waals surface area contributed by atoms with Crippen LogP contribution in [0.1, 0.15) is 0 Å². The first kappa shape index (κ1) is 13.7. The van der Waals surface area contributed by atoms with Crippen LogP contribution in [-0.2, 0) is 0 Å². The lowest BCUT2D eigenvalue weighted by atomic mass is 10.3. The molecule has 0 aliphatic carbocycles. The number of nitrogens with one attached hydrogen (secondary N) is 1. The van der Waals surface area contributed by atoms with Crippen LogP contribution in [-0.4, -0.2) is 28.0 Å². The lowest BCUT2D eigenvalue weighted by Crippen LogP contribution is -2.44. The molecule has 0 spiro atoms. The second kappa shape index (κ2) is 5.38. The van der Waals surface area contributed by atoms with Gasteiger partial charge in [-0.25, -0.2) is 9.97 Å². The molecule has 1 aromatic carbocycles. The number of halogens is 1. The fourth-order valence-corrected chi connectivity index (χ4v) is 2.46. The van der Waals surface area contributed by atoms with Crippen molar-refractivity contribution in [1.29, 1.82) is 0 Å². The van der Waals surface area contributed by atoms with Crippen molar-refractivity contribution in [2.75, 3.05) is 5.32 Å². The molecule has 8 heteroatoms. The van der Waals surface area contributed by atoms with Gasteiger partial charge >= 0.3 is 0 Å². The smallest absolute Gasteiger partial charge is 0.287 e. The molecule has 1 N–H and O–H groups in total. The van der Waals surface area contributed by atoms with Gasteiger partial charge in [-0.05, 0) is 29.4 Å². The molecule has 7 nitrogen and oxygen atoms in total. The van der Waals surface area contributed by atoms with Crippen LogP contribution in [0, 0.1) is 0 Å². The Hall–Kier alpha value is -2.90. The van der Waals surface area contributed by atoms with Crippen molar-refractivity contribution in [2.24, 2.45) is 15.1 Å². The lowest BCUT2D eigenvalue weighted by Gasteiger charge is -2.22. The maximum absolute atomic E-state index is 5.90. The number of nitrogens with zero attached hydrogens (tertiary/aromatic N) is 6. The first-order valence-electron chi connectivity index (χ1n) is 6.84. The molecule has 1 atom stereocenters.